The molecular weight excluding hydrogens is 352 g/mol. The predicted octanol–water partition coefficient (Wildman–Crippen LogP) is 3.21. The topological polar surface area (TPSA) is 65.1 Å². The molecule has 0 radical (unpaired) electrons. The molecule has 0 fully saturated rings. The second-order valence-electron chi connectivity index (χ2n) is 6.29. The largest absolute Gasteiger partial charge is 0.300 e. The van der Waals surface area contributed by atoms with E-state index in [4.69, 9.17) is 0 Å². The number of nitrogens with zero attached hydrogens (tertiary/aromatic N) is 5. The van der Waals surface area contributed by atoms with Crippen molar-refractivity contribution in [2.75, 3.05) is 0 Å². The van der Waals surface area contributed by atoms with Crippen LogP contribution in [0.3, 0.4) is 0 Å². The fraction of sp³-hybridized carbons (Fsp3) is 0.158. The number of Topliss-reactive ketones (excluding diaryl/α,β-unsaturated/α-hetero) is 1. The minimum atomic E-state index is -0.658. The average Bonchev–Trinajstić information content (AvgIpc) is 3.16. The van der Waals surface area contributed by atoms with Gasteiger partial charge in [0.15, 0.2) is 5.65 Å². The molecule has 0 bridgehead atoms. The third-order valence-electron chi connectivity index (χ3n) is 4.13. The zero-order valence-corrected chi connectivity index (χ0v) is 14.6. The van der Waals surface area contributed by atoms with Crippen LogP contribution in [0.25, 0.3) is 28.2 Å². The number of ketones is 1. The number of benzene rings is 1. The highest BCUT2D eigenvalue weighted by molar-refractivity contribution is 5.79. The molecule has 0 saturated heterocycles. The summed E-state index contributed by atoms with van der Waals surface area (Å²) in [4.78, 5) is 15.4. The minimum Gasteiger partial charge on any atom is -0.300 e. The van der Waals surface area contributed by atoms with Gasteiger partial charge < -0.3 is 0 Å². The number of imidazole rings is 1. The van der Waals surface area contributed by atoms with Crippen LogP contribution in [-0.4, -0.2) is 30.2 Å². The van der Waals surface area contributed by atoms with E-state index in [0.717, 1.165) is 10.1 Å². The number of carbonyl (C=O) groups is 1. The minimum absolute atomic E-state index is 0.0668. The average molecular weight is 367 g/mol. The Bertz CT molecular complexity index is 1160. The van der Waals surface area contributed by atoms with E-state index in [1.54, 1.807) is 42.2 Å². The lowest BCUT2D eigenvalue weighted by atomic mass is 10.1. The summed E-state index contributed by atoms with van der Waals surface area (Å²) in [5.41, 5.74) is 2.87. The van der Waals surface area contributed by atoms with Crippen molar-refractivity contribution in [1.82, 2.24) is 24.4 Å². The van der Waals surface area contributed by atoms with Crippen molar-refractivity contribution >= 4 is 11.4 Å². The van der Waals surface area contributed by atoms with Crippen LogP contribution < -0.4 is 0 Å². The van der Waals surface area contributed by atoms with Crippen LogP contribution in [-0.2, 0) is 18.3 Å². The molecule has 0 unspecified atom stereocenters. The summed E-state index contributed by atoms with van der Waals surface area (Å²) >= 11 is 0. The maximum absolute atomic E-state index is 14.6. The van der Waals surface area contributed by atoms with Crippen LogP contribution in [0.5, 0.6) is 0 Å². The van der Waals surface area contributed by atoms with Gasteiger partial charge in [-0.3, -0.25) is 9.48 Å². The van der Waals surface area contributed by atoms with E-state index in [-0.39, 0.29) is 23.7 Å². The number of aryl methyl sites for hydroxylation is 1. The van der Waals surface area contributed by atoms with Gasteiger partial charge in [-0.2, -0.15) is 19.1 Å². The van der Waals surface area contributed by atoms with Crippen molar-refractivity contribution in [2.24, 2.45) is 7.05 Å². The lowest BCUT2D eigenvalue weighted by molar-refractivity contribution is -0.116. The van der Waals surface area contributed by atoms with Gasteiger partial charge in [0.2, 0.25) is 5.95 Å². The molecule has 4 aromatic rings. The highest BCUT2D eigenvalue weighted by Crippen LogP contribution is 2.30. The van der Waals surface area contributed by atoms with Gasteiger partial charge in [-0.05, 0) is 43.3 Å². The van der Waals surface area contributed by atoms with E-state index in [9.17, 15) is 13.6 Å². The van der Waals surface area contributed by atoms with Crippen LogP contribution in [0.1, 0.15) is 12.6 Å². The fourth-order valence-corrected chi connectivity index (χ4v) is 2.94. The normalized spacial score (nSPS) is 11.3. The molecule has 4 rings (SSSR count). The molecule has 0 aliphatic carbocycles. The van der Waals surface area contributed by atoms with Crippen LogP contribution in [0, 0.1) is 11.8 Å². The standard InChI is InChI=1S/C19H15F2N5O/c1-11(27)9-16-19(21)26-17(22-16)8-7-15(23-26)14-10-25(2)24-18(14)12-3-5-13(20)6-4-12/h3-8,10H,9H2,1-2H3. The first-order chi connectivity index (χ1) is 12.9. The second kappa shape index (κ2) is 6.39. The molecular formula is C19H15F2N5O. The van der Waals surface area contributed by atoms with Crippen molar-refractivity contribution in [2.45, 2.75) is 13.3 Å². The zero-order chi connectivity index (χ0) is 19.1. The van der Waals surface area contributed by atoms with Gasteiger partial charge in [0.1, 0.15) is 23.0 Å². The molecule has 0 saturated carbocycles. The van der Waals surface area contributed by atoms with E-state index in [1.807, 2.05) is 0 Å². The quantitative estimate of drug-likeness (QED) is 0.556. The molecule has 0 amide bonds. The number of aromatic nitrogens is 5. The van der Waals surface area contributed by atoms with Gasteiger partial charge in [0.05, 0.1) is 12.1 Å². The molecule has 3 heterocycles. The van der Waals surface area contributed by atoms with E-state index < -0.39 is 5.95 Å². The first-order valence-electron chi connectivity index (χ1n) is 8.26. The fourth-order valence-electron chi connectivity index (χ4n) is 2.94. The number of halogens is 2. The zero-order valence-electron chi connectivity index (χ0n) is 14.6. The summed E-state index contributed by atoms with van der Waals surface area (Å²) in [7, 11) is 1.76. The van der Waals surface area contributed by atoms with Gasteiger partial charge in [-0.1, -0.05) is 0 Å². The van der Waals surface area contributed by atoms with Crippen LogP contribution >= 0.6 is 0 Å². The van der Waals surface area contributed by atoms with Gasteiger partial charge >= 0.3 is 0 Å². The Labute approximate surface area is 153 Å². The van der Waals surface area contributed by atoms with Gasteiger partial charge in [0.25, 0.3) is 0 Å². The smallest absolute Gasteiger partial charge is 0.238 e. The summed E-state index contributed by atoms with van der Waals surface area (Å²) in [5.74, 6) is -1.17. The molecule has 6 nitrogen and oxygen atoms in total. The lowest BCUT2D eigenvalue weighted by Gasteiger charge is -2.03. The third kappa shape index (κ3) is 3.10. The van der Waals surface area contributed by atoms with Crippen molar-refractivity contribution in [1.29, 1.82) is 0 Å². The Morgan fingerprint density at radius 3 is 2.52 bits per heavy atom. The monoisotopic (exact) mass is 367 g/mol. The maximum Gasteiger partial charge on any atom is 0.238 e. The van der Waals surface area contributed by atoms with Crippen molar-refractivity contribution < 1.29 is 13.6 Å². The molecule has 0 N–H and O–H groups in total. The number of hydrogen-bond acceptors (Lipinski definition) is 4. The van der Waals surface area contributed by atoms with Crippen LogP contribution in [0.4, 0.5) is 8.78 Å². The molecule has 3 aromatic heterocycles. The second-order valence-corrected chi connectivity index (χ2v) is 6.29. The number of fused-ring (bicyclic) bond motifs is 1. The Morgan fingerprint density at radius 1 is 1.07 bits per heavy atom. The maximum atomic E-state index is 14.6. The molecule has 0 aliphatic heterocycles. The Morgan fingerprint density at radius 2 is 1.81 bits per heavy atom. The number of carbonyl (C=O) groups excluding carboxylic acids is 1. The summed E-state index contributed by atoms with van der Waals surface area (Å²) < 4.78 is 30.5. The lowest BCUT2D eigenvalue weighted by Crippen LogP contribution is -2.01. The van der Waals surface area contributed by atoms with Crippen molar-refractivity contribution in [3.63, 3.8) is 0 Å². The molecule has 136 valence electrons. The Hall–Kier alpha value is -3.42. The Balaban J connectivity index is 1.84. The predicted molar refractivity (Wildman–Crippen MR) is 94.9 cm³/mol. The van der Waals surface area contributed by atoms with E-state index in [1.165, 1.54) is 19.1 Å². The first-order valence-corrected chi connectivity index (χ1v) is 8.26. The first kappa shape index (κ1) is 17.0. The van der Waals surface area contributed by atoms with E-state index >= 15 is 0 Å². The third-order valence-corrected chi connectivity index (χ3v) is 4.13. The highest BCUT2D eigenvalue weighted by atomic mass is 19.1. The van der Waals surface area contributed by atoms with Gasteiger partial charge in [-0.25, -0.2) is 9.37 Å². The summed E-state index contributed by atoms with van der Waals surface area (Å²) in [6, 6.07) is 9.31. The highest BCUT2D eigenvalue weighted by Gasteiger charge is 2.18. The van der Waals surface area contributed by atoms with E-state index in [0.29, 0.717) is 22.6 Å². The number of hydrogen-bond donors (Lipinski definition) is 0. The van der Waals surface area contributed by atoms with Gasteiger partial charge in [0, 0.05) is 24.4 Å². The Kier molecular flexibility index (Phi) is 4.02. The summed E-state index contributed by atoms with van der Waals surface area (Å²) in [6.07, 6.45) is 1.68. The summed E-state index contributed by atoms with van der Waals surface area (Å²) in [6.45, 7) is 1.38. The molecule has 0 atom stereocenters. The SMILES string of the molecule is CC(=O)Cc1nc2ccc(-c3cn(C)nc3-c3ccc(F)cc3)nn2c1F. The number of rotatable bonds is 4. The molecule has 1 aromatic carbocycles. The molecule has 0 spiro atoms. The van der Waals surface area contributed by atoms with Crippen LogP contribution in [0.2, 0.25) is 0 Å². The van der Waals surface area contributed by atoms with Crippen molar-refractivity contribution in [3.8, 4) is 22.5 Å². The molecule has 27 heavy (non-hydrogen) atoms. The van der Waals surface area contributed by atoms with E-state index in [2.05, 4.69) is 15.2 Å². The van der Waals surface area contributed by atoms with Gasteiger partial charge in [-0.15, -0.1) is 0 Å². The molecule has 0 aliphatic rings. The molecule has 8 heteroatoms. The van der Waals surface area contributed by atoms with Crippen LogP contribution in [0.15, 0.2) is 42.6 Å². The van der Waals surface area contributed by atoms with Crippen molar-refractivity contribution in [3.05, 3.63) is 60.1 Å². The summed E-state index contributed by atoms with van der Waals surface area (Å²) in [5, 5.41) is 8.76.